The average molecular weight is 524 g/mol. The average Bonchev–Trinajstić information content (AvgIpc) is 2.92. The molecule has 0 aliphatic carbocycles. The monoisotopic (exact) mass is 523 g/mol. The first-order valence-corrected chi connectivity index (χ1v) is 12.4. The Bertz CT molecular complexity index is 1250. The number of aliphatic carboxylic acids is 1. The van der Waals surface area contributed by atoms with Crippen molar-refractivity contribution in [2.75, 3.05) is 13.2 Å². The minimum Gasteiger partial charge on any atom is -0.485 e. The summed E-state index contributed by atoms with van der Waals surface area (Å²) in [7, 11) is 0. The molecule has 1 amide bonds. The zero-order valence-electron chi connectivity index (χ0n) is 21.2. The quantitative estimate of drug-likeness (QED) is 0.412. The SMILES string of the molecule is CCC(NC(=O)c1nc(CC2OCC(c3ccc(F)cc3)CO2)nc(C)c1OCc1ccccc1)C(=O)O. The predicted molar refractivity (Wildman–Crippen MR) is 135 cm³/mol. The van der Waals surface area contributed by atoms with Crippen molar-refractivity contribution in [2.45, 2.75) is 51.5 Å². The number of rotatable bonds is 10. The van der Waals surface area contributed by atoms with E-state index in [-0.39, 0.29) is 42.6 Å². The molecule has 4 rings (SSSR count). The fourth-order valence-corrected chi connectivity index (χ4v) is 4.07. The standard InChI is InChI=1S/C28H30FN3O6/c1-3-22(28(34)35)31-27(33)25-26(38-14-18-7-5-4-6-8-18)17(2)30-23(32-25)13-24-36-15-20(16-37-24)19-9-11-21(29)12-10-19/h4-12,20,22,24H,3,13-16H2,1-2H3,(H,31,33)(H,34,35). The van der Waals surface area contributed by atoms with Crippen molar-refractivity contribution < 1.29 is 33.3 Å². The van der Waals surface area contributed by atoms with Crippen LogP contribution in [0.15, 0.2) is 54.6 Å². The second kappa shape index (κ2) is 12.6. The number of nitrogens with zero attached hydrogens (tertiary/aromatic N) is 2. The van der Waals surface area contributed by atoms with Crippen LogP contribution in [0.5, 0.6) is 5.75 Å². The number of aryl methyl sites for hydroxylation is 1. The fourth-order valence-electron chi connectivity index (χ4n) is 4.07. The molecule has 2 aromatic carbocycles. The van der Waals surface area contributed by atoms with E-state index in [9.17, 15) is 19.1 Å². The molecule has 38 heavy (non-hydrogen) atoms. The van der Waals surface area contributed by atoms with Gasteiger partial charge in [0.1, 0.15) is 24.3 Å². The molecule has 0 radical (unpaired) electrons. The van der Waals surface area contributed by atoms with Crippen LogP contribution >= 0.6 is 0 Å². The smallest absolute Gasteiger partial charge is 0.326 e. The van der Waals surface area contributed by atoms with Crippen molar-refractivity contribution in [1.82, 2.24) is 15.3 Å². The van der Waals surface area contributed by atoms with Gasteiger partial charge in [0.2, 0.25) is 0 Å². The molecule has 9 nitrogen and oxygen atoms in total. The number of halogens is 1. The second-order valence-corrected chi connectivity index (χ2v) is 9.00. The molecule has 0 bridgehead atoms. The van der Waals surface area contributed by atoms with E-state index in [1.54, 1.807) is 26.0 Å². The molecule has 1 unspecified atom stereocenters. The van der Waals surface area contributed by atoms with Crippen molar-refractivity contribution in [3.63, 3.8) is 0 Å². The Morgan fingerprint density at radius 1 is 1.11 bits per heavy atom. The summed E-state index contributed by atoms with van der Waals surface area (Å²) < 4.78 is 30.9. The van der Waals surface area contributed by atoms with Crippen LogP contribution < -0.4 is 10.1 Å². The maximum atomic E-state index is 13.2. The van der Waals surface area contributed by atoms with E-state index < -0.39 is 24.2 Å². The van der Waals surface area contributed by atoms with Gasteiger partial charge in [0, 0.05) is 5.92 Å². The summed E-state index contributed by atoms with van der Waals surface area (Å²) in [6.45, 7) is 4.29. The molecule has 1 saturated heterocycles. The predicted octanol–water partition coefficient (Wildman–Crippen LogP) is 3.80. The topological polar surface area (TPSA) is 120 Å². The number of nitrogens with one attached hydrogen (secondary N) is 1. The Morgan fingerprint density at radius 3 is 2.42 bits per heavy atom. The largest absolute Gasteiger partial charge is 0.485 e. The number of carboxylic acids is 1. The number of ether oxygens (including phenoxy) is 3. The van der Waals surface area contributed by atoms with Crippen molar-refractivity contribution in [3.05, 3.63) is 88.8 Å². The highest BCUT2D eigenvalue weighted by Gasteiger charge is 2.28. The van der Waals surface area contributed by atoms with Crippen molar-refractivity contribution in [1.29, 1.82) is 0 Å². The molecule has 1 fully saturated rings. The highest BCUT2D eigenvalue weighted by atomic mass is 19.1. The van der Waals surface area contributed by atoms with Gasteiger partial charge in [-0.3, -0.25) is 4.79 Å². The van der Waals surface area contributed by atoms with Gasteiger partial charge >= 0.3 is 5.97 Å². The lowest BCUT2D eigenvalue weighted by Crippen LogP contribution is -2.41. The lowest BCUT2D eigenvalue weighted by molar-refractivity contribution is -0.186. The van der Waals surface area contributed by atoms with Crippen LogP contribution in [0.25, 0.3) is 0 Å². The van der Waals surface area contributed by atoms with Crippen LogP contribution in [0, 0.1) is 12.7 Å². The minimum atomic E-state index is -1.14. The second-order valence-electron chi connectivity index (χ2n) is 9.00. The molecule has 0 spiro atoms. The van der Waals surface area contributed by atoms with E-state index >= 15 is 0 Å². The van der Waals surface area contributed by atoms with Crippen LogP contribution in [0.1, 0.15) is 52.4 Å². The van der Waals surface area contributed by atoms with Crippen molar-refractivity contribution in [2.24, 2.45) is 0 Å². The lowest BCUT2D eigenvalue weighted by Gasteiger charge is -2.29. The molecule has 1 atom stereocenters. The number of hydrogen-bond donors (Lipinski definition) is 2. The Morgan fingerprint density at radius 2 is 1.79 bits per heavy atom. The third-order valence-electron chi connectivity index (χ3n) is 6.19. The number of carboxylic acid groups (broad SMARTS) is 1. The number of amides is 1. The maximum absolute atomic E-state index is 13.2. The van der Waals surface area contributed by atoms with Gasteiger partial charge < -0.3 is 24.6 Å². The Hall–Kier alpha value is -3.89. The molecule has 2 heterocycles. The van der Waals surface area contributed by atoms with Gasteiger partial charge in [0.25, 0.3) is 5.91 Å². The van der Waals surface area contributed by atoms with Gasteiger partial charge in [-0.2, -0.15) is 0 Å². The van der Waals surface area contributed by atoms with E-state index in [0.717, 1.165) is 11.1 Å². The first-order chi connectivity index (χ1) is 18.3. The van der Waals surface area contributed by atoms with Crippen LogP contribution in [0.3, 0.4) is 0 Å². The first-order valence-electron chi connectivity index (χ1n) is 12.4. The van der Waals surface area contributed by atoms with Crippen molar-refractivity contribution >= 4 is 11.9 Å². The van der Waals surface area contributed by atoms with E-state index in [2.05, 4.69) is 15.3 Å². The molecule has 2 N–H and O–H groups in total. The number of aromatic nitrogens is 2. The number of carbonyl (C=O) groups excluding carboxylic acids is 1. The van der Waals surface area contributed by atoms with Crippen LogP contribution in [-0.4, -0.2) is 52.5 Å². The highest BCUT2D eigenvalue weighted by Crippen LogP contribution is 2.26. The van der Waals surface area contributed by atoms with Gasteiger partial charge in [-0.1, -0.05) is 49.4 Å². The zero-order valence-corrected chi connectivity index (χ0v) is 21.2. The summed E-state index contributed by atoms with van der Waals surface area (Å²) in [5.41, 5.74) is 2.18. The third kappa shape index (κ3) is 6.90. The summed E-state index contributed by atoms with van der Waals surface area (Å²) in [6.07, 6.45) is -0.260. The number of hydrogen-bond acceptors (Lipinski definition) is 7. The minimum absolute atomic E-state index is 0.0356. The molecule has 3 aromatic rings. The first kappa shape index (κ1) is 27.2. The Labute approximate surface area is 220 Å². The molecular formula is C28H30FN3O6. The van der Waals surface area contributed by atoms with E-state index in [0.29, 0.717) is 24.7 Å². The lowest BCUT2D eigenvalue weighted by atomic mass is 10.0. The van der Waals surface area contributed by atoms with Crippen LogP contribution in [-0.2, 0) is 27.3 Å². The van der Waals surface area contributed by atoms with Crippen LogP contribution in [0.2, 0.25) is 0 Å². The molecule has 200 valence electrons. The number of carbonyl (C=O) groups is 2. The summed E-state index contributed by atoms with van der Waals surface area (Å²) in [5.74, 6) is -1.67. The van der Waals surface area contributed by atoms with Gasteiger partial charge in [0.15, 0.2) is 17.7 Å². The van der Waals surface area contributed by atoms with Gasteiger partial charge in [0.05, 0.1) is 25.3 Å². The molecule has 1 aromatic heterocycles. The third-order valence-corrected chi connectivity index (χ3v) is 6.19. The normalized spacial score (nSPS) is 18.0. The molecule has 1 aliphatic heterocycles. The van der Waals surface area contributed by atoms with E-state index in [4.69, 9.17) is 14.2 Å². The molecular weight excluding hydrogens is 493 g/mol. The van der Waals surface area contributed by atoms with E-state index in [1.807, 2.05) is 30.3 Å². The molecule has 1 aliphatic rings. The van der Waals surface area contributed by atoms with Gasteiger partial charge in [-0.15, -0.1) is 0 Å². The summed E-state index contributed by atoms with van der Waals surface area (Å²) >= 11 is 0. The Kier molecular flexibility index (Phi) is 8.98. The highest BCUT2D eigenvalue weighted by molar-refractivity contribution is 5.97. The van der Waals surface area contributed by atoms with Gasteiger partial charge in [-0.25, -0.2) is 19.2 Å². The Balaban J connectivity index is 1.50. The summed E-state index contributed by atoms with van der Waals surface area (Å²) in [4.78, 5) is 33.6. The fraction of sp³-hybridized carbons (Fsp3) is 0.357. The van der Waals surface area contributed by atoms with Crippen LogP contribution in [0.4, 0.5) is 4.39 Å². The van der Waals surface area contributed by atoms with E-state index in [1.165, 1.54) is 12.1 Å². The van der Waals surface area contributed by atoms with Crippen molar-refractivity contribution in [3.8, 4) is 5.75 Å². The molecule has 0 saturated carbocycles. The summed E-state index contributed by atoms with van der Waals surface area (Å²) in [6, 6.07) is 14.6. The molecule has 10 heteroatoms. The maximum Gasteiger partial charge on any atom is 0.326 e. The zero-order chi connectivity index (χ0) is 27.1. The number of benzene rings is 2. The summed E-state index contributed by atoms with van der Waals surface area (Å²) in [5, 5.41) is 11.9. The van der Waals surface area contributed by atoms with Gasteiger partial charge in [-0.05, 0) is 36.6 Å².